The minimum Gasteiger partial charge on any atom is -0.383 e. The second kappa shape index (κ2) is 9.12. The lowest BCUT2D eigenvalue weighted by molar-refractivity contribution is 0.145. The maximum absolute atomic E-state index is 5.82. The van der Waals surface area contributed by atoms with Gasteiger partial charge in [-0.2, -0.15) is 0 Å². The molecule has 1 fully saturated rings. The van der Waals surface area contributed by atoms with Crippen LogP contribution in [0.3, 0.4) is 0 Å². The third-order valence-electron chi connectivity index (χ3n) is 3.13. The summed E-state index contributed by atoms with van der Waals surface area (Å²) in [6, 6.07) is 0.911. The normalized spacial score (nSPS) is 17.8. The van der Waals surface area contributed by atoms with Crippen LogP contribution in [0.2, 0.25) is 0 Å². The molecule has 3 N–H and O–H groups in total. The highest BCUT2D eigenvalue weighted by atomic mass is 16.5. The van der Waals surface area contributed by atoms with Gasteiger partial charge < -0.3 is 20.5 Å². The molecule has 0 radical (unpaired) electrons. The van der Waals surface area contributed by atoms with Crippen LogP contribution in [0.4, 0.5) is 0 Å². The summed E-state index contributed by atoms with van der Waals surface area (Å²) in [5.74, 6) is 0.493. The van der Waals surface area contributed by atoms with E-state index in [4.69, 9.17) is 15.2 Å². The molecule has 0 saturated heterocycles. The molecule has 0 aromatic heterocycles. The van der Waals surface area contributed by atoms with Crippen LogP contribution < -0.4 is 11.1 Å². The molecule has 1 aliphatic carbocycles. The third-order valence-corrected chi connectivity index (χ3v) is 3.13. The number of hydrogen-bond acceptors (Lipinski definition) is 4. The van der Waals surface area contributed by atoms with Gasteiger partial charge in [-0.3, -0.25) is 9.89 Å². The first-order chi connectivity index (χ1) is 9.17. The van der Waals surface area contributed by atoms with E-state index in [1.165, 1.54) is 12.8 Å². The molecule has 0 aromatic carbocycles. The highest BCUT2D eigenvalue weighted by Crippen LogP contribution is 2.26. The van der Waals surface area contributed by atoms with E-state index in [0.717, 1.165) is 32.3 Å². The summed E-state index contributed by atoms with van der Waals surface area (Å²) in [5, 5.41) is 3.10. The molecule has 19 heavy (non-hydrogen) atoms. The molecule has 6 heteroatoms. The van der Waals surface area contributed by atoms with Gasteiger partial charge in [0, 0.05) is 39.4 Å². The van der Waals surface area contributed by atoms with E-state index in [1.807, 2.05) is 6.92 Å². The third kappa shape index (κ3) is 7.34. The molecular formula is C13H28N4O2. The fourth-order valence-corrected chi connectivity index (χ4v) is 2.01. The zero-order valence-electron chi connectivity index (χ0n) is 12.4. The largest absolute Gasteiger partial charge is 0.383 e. The van der Waals surface area contributed by atoms with E-state index in [0.29, 0.717) is 12.6 Å². The zero-order valence-corrected chi connectivity index (χ0v) is 12.4. The molecule has 1 aliphatic rings. The van der Waals surface area contributed by atoms with Gasteiger partial charge >= 0.3 is 0 Å². The number of nitrogens with zero attached hydrogens (tertiary/aromatic N) is 2. The molecule has 0 aliphatic heterocycles. The highest BCUT2D eigenvalue weighted by molar-refractivity contribution is 5.78. The topological polar surface area (TPSA) is 72.1 Å². The molecule has 0 amide bonds. The van der Waals surface area contributed by atoms with Crippen molar-refractivity contribution in [1.82, 2.24) is 10.2 Å². The van der Waals surface area contributed by atoms with Gasteiger partial charge in [0.15, 0.2) is 5.96 Å². The Balaban J connectivity index is 2.21. The Bertz CT molecular complexity index is 269. The van der Waals surface area contributed by atoms with Crippen LogP contribution in [0.5, 0.6) is 0 Å². The first-order valence-corrected chi connectivity index (χ1v) is 6.95. The maximum Gasteiger partial charge on any atom is 0.188 e. The minimum absolute atomic E-state index is 0.182. The molecule has 1 saturated carbocycles. The summed E-state index contributed by atoms with van der Waals surface area (Å²) >= 11 is 0. The average molecular weight is 272 g/mol. The molecule has 1 rings (SSSR count). The Kier molecular flexibility index (Phi) is 7.78. The van der Waals surface area contributed by atoms with Crippen molar-refractivity contribution in [2.45, 2.75) is 31.8 Å². The van der Waals surface area contributed by atoms with Gasteiger partial charge in [0.25, 0.3) is 0 Å². The Hall–Kier alpha value is -0.850. The van der Waals surface area contributed by atoms with Crippen molar-refractivity contribution in [2.75, 3.05) is 47.1 Å². The number of aliphatic imine (C=N–C) groups is 1. The number of methoxy groups -OCH3 is 2. The second-order valence-corrected chi connectivity index (χ2v) is 5.03. The smallest absolute Gasteiger partial charge is 0.188 e. The average Bonchev–Trinajstić information content (AvgIpc) is 3.17. The first-order valence-electron chi connectivity index (χ1n) is 6.95. The van der Waals surface area contributed by atoms with Crippen molar-refractivity contribution in [1.29, 1.82) is 0 Å². The van der Waals surface area contributed by atoms with E-state index in [1.54, 1.807) is 14.2 Å². The number of guanidine groups is 1. The summed E-state index contributed by atoms with van der Waals surface area (Å²) in [6.45, 7) is 6.05. The van der Waals surface area contributed by atoms with Crippen LogP contribution in [0.1, 0.15) is 19.8 Å². The Morgan fingerprint density at radius 2 is 2.11 bits per heavy atom. The summed E-state index contributed by atoms with van der Waals surface area (Å²) < 4.78 is 10.2. The predicted molar refractivity (Wildman–Crippen MR) is 77.4 cm³/mol. The Morgan fingerprint density at radius 1 is 1.37 bits per heavy atom. The minimum atomic E-state index is 0.182. The van der Waals surface area contributed by atoms with Crippen molar-refractivity contribution in [3.63, 3.8) is 0 Å². The molecule has 112 valence electrons. The van der Waals surface area contributed by atoms with Crippen molar-refractivity contribution in [2.24, 2.45) is 10.7 Å². The van der Waals surface area contributed by atoms with Crippen LogP contribution in [0, 0.1) is 0 Å². The maximum atomic E-state index is 5.82. The van der Waals surface area contributed by atoms with Crippen molar-refractivity contribution in [3.8, 4) is 0 Å². The molecule has 6 nitrogen and oxygen atoms in total. The molecule has 0 heterocycles. The lowest BCUT2D eigenvalue weighted by Gasteiger charge is -2.20. The molecular weight excluding hydrogens is 244 g/mol. The monoisotopic (exact) mass is 272 g/mol. The van der Waals surface area contributed by atoms with Crippen molar-refractivity contribution < 1.29 is 9.47 Å². The van der Waals surface area contributed by atoms with Gasteiger partial charge in [-0.15, -0.1) is 0 Å². The Morgan fingerprint density at radius 3 is 2.68 bits per heavy atom. The van der Waals surface area contributed by atoms with Crippen LogP contribution in [-0.2, 0) is 9.47 Å². The summed E-state index contributed by atoms with van der Waals surface area (Å²) in [6.07, 6.45) is 2.60. The SMILES string of the molecule is COCCN(CCN=C(N)NC(C)COC)C1CC1. The van der Waals surface area contributed by atoms with Gasteiger partial charge in [-0.25, -0.2) is 0 Å². The van der Waals surface area contributed by atoms with E-state index in [9.17, 15) is 0 Å². The number of nitrogens with one attached hydrogen (secondary N) is 1. The van der Waals surface area contributed by atoms with Gasteiger partial charge in [0.05, 0.1) is 19.8 Å². The number of nitrogens with two attached hydrogens (primary N) is 1. The van der Waals surface area contributed by atoms with E-state index >= 15 is 0 Å². The van der Waals surface area contributed by atoms with Gasteiger partial charge in [0.2, 0.25) is 0 Å². The zero-order chi connectivity index (χ0) is 14.1. The number of rotatable bonds is 10. The molecule has 0 spiro atoms. The molecule has 0 bridgehead atoms. The molecule has 0 aromatic rings. The van der Waals surface area contributed by atoms with Crippen LogP contribution in [0.25, 0.3) is 0 Å². The van der Waals surface area contributed by atoms with Crippen LogP contribution in [0.15, 0.2) is 4.99 Å². The predicted octanol–water partition coefficient (Wildman–Crippen LogP) is 0.0364. The standard InChI is InChI=1S/C13H28N4O2/c1-11(10-19-3)16-13(14)15-6-7-17(8-9-18-2)12-4-5-12/h11-12H,4-10H2,1-3H3,(H3,14,15,16). The lowest BCUT2D eigenvalue weighted by atomic mass is 10.4. The summed E-state index contributed by atoms with van der Waals surface area (Å²) in [7, 11) is 3.41. The molecule has 1 unspecified atom stereocenters. The van der Waals surface area contributed by atoms with Crippen LogP contribution in [-0.4, -0.2) is 70.0 Å². The fourth-order valence-electron chi connectivity index (χ4n) is 2.01. The Labute approximate surface area is 116 Å². The van der Waals surface area contributed by atoms with E-state index < -0.39 is 0 Å². The quantitative estimate of drug-likeness (QED) is 0.434. The van der Waals surface area contributed by atoms with E-state index in [2.05, 4.69) is 15.2 Å². The van der Waals surface area contributed by atoms with Crippen molar-refractivity contribution >= 4 is 5.96 Å². The highest BCUT2D eigenvalue weighted by Gasteiger charge is 2.27. The molecule has 1 atom stereocenters. The van der Waals surface area contributed by atoms with Crippen LogP contribution >= 0.6 is 0 Å². The van der Waals surface area contributed by atoms with Gasteiger partial charge in [-0.1, -0.05) is 0 Å². The summed E-state index contributed by atoms with van der Waals surface area (Å²) in [4.78, 5) is 6.78. The van der Waals surface area contributed by atoms with Gasteiger partial charge in [0.1, 0.15) is 0 Å². The summed E-state index contributed by atoms with van der Waals surface area (Å²) in [5.41, 5.74) is 5.82. The number of hydrogen-bond donors (Lipinski definition) is 2. The van der Waals surface area contributed by atoms with E-state index in [-0.39, 0.29) is 6.04 Å². The van der Waals surface area contributed by atoms with Crippen molar-refractivity contribution in [3.05, 3.63) is 0 Å². The van der Waals surface area contributed by atoms with Gasteiger partial charge in [-0.05, 0) is 19.8 Å². The lowest BCUT2D eigenvalue weighted by Crippen LogP contribution is -2.41. The second-order valence-electron chi connectivity index (χ2n) is 5.03. The fraction of sp³-hybridized carbons (Fsp3) is 0.923. The number of ether oxygens (including phenoxy) is 2. The first kappa shape index (κ1) is 16.2.